The van der Waals surface area contributed by atoms with Crippen LogP contribution >= 0.6 is 0 Å². The predicted octanol–water partition coefficient (Wildman–Crippen LogP) is 4.37. The van der Waals surface area contributed by atoms with Crippen molar-refractivity contribution in [1.82, 2.24) is 9.97 Å². The number of rotatable bonds is 4. The number of carbonyl (C=O) groups excluding carboxylic acids is 1. The van der Waals surface area contributed by atoms with Crippen LogP contribution in [0.4, 0.5) is 13.2 Å². The van der Waals surface area contributed by atoms with E-state index in [1.807, 2.05) is 6.92 Å². The average Bonchev–Trinajstić information content (AvgIpc) is 2.93. The summed E-state index contributed by atoms with van der Waals surface area (Å²) in [5, 5.41) is 0.142. The number of nitrogens with one attached hydrogen (secondary N) is 1. The van der Waals surface area contributed by atoms with Crippen LogP contribution in [-0.4, -0.2) is 28.5 Å². The fourth-order valence-corrected chi connectivity index (χ4v) is 2.50. The van der Waals surface area contributed by atoms with Crippen molar-refractivity contribution < 1.29 is 22.7 Å². The molecule has 0 atom stereocenters. The third kappa shape index (κ3) is 2.84. The molecule has 3 rings (SSSR count). The van der Waals surface area contributed by atoms with Crippen molar-refractivity contribution in [3.63, 3.8) is 0 Å². The predicted molar refractivity (Wildman–Crippen MR) is 83.1 cm³/mol. The second-order valence-corrected chi connectivity index (χ2v) is 5.06. The SMILES string of the molecule is CCOc1ccc(-c2[nH]c3ncccc3c2C(=O)C(F)(F)F)cc1. The number of aromatic nitrogens is 2. The van der Waals surface area contributed by atoms with Gasteiger partial charge in [-0.25, -0.2) is 4.98 Å². The first-order chi connectivity index (χ1) is 11.4. The van der Waals surface area contributed by atoms with E-state index in [-0.39, 0.29) is 16.7 Å². The van der Waals surface area contributed by atoms with Crippen molar-refractivity contribution >= 4 is 16.8 Å². The van der Waals surface area contributed by atoms with E-state index in [1.165, 1.54) is 18.3 Å². The summed E-state index contributed by atoms with van der Waals surface area (Å²) in [6.45, 7) is 2.31. The second-order valence-electron chi connectivity index (χ2n) is 5.06. The summed E-state index contributed by atoms with van der Waals surface area (Å²) in [5.41, 5.74) is 0.349. The van der Waals surface area contributed by atoms with E-state index in [4.69, 9.17) is 4.74 Å². The van der Waals surface area contributed by atoms with Crippen molar-refractivity contribution in [1.29, 1.82) is 0 Å². The minimum absolute atomic E-state index is 0.0917. The Bertz CT molecular complexity index is 883. The van der Waals surface area contributed by atoms with Crippen LogP contribution in [0.15, 0.2) is 42.6 Å². The molecule has 1 aromatic carbocycles. The average molecular weight is 334 g/mol. The molecule has 0 spiro atoms. The molecule has 1 N–H and O–H groups in total. The summed E-state index contributed by atoms with van der Waals surface area (Å²) in [5.74, 6) is -1.30. The zero-order valence-corrected chi connectivity index (χ0v) is 12.6. The second kappa shape index (κ2) is 5.99. The summed E-state index contributed by atoms with van der Waals surface area (Å²) in [4.78, 5) is 18.7. The quantitative estimate of drug-likeness (QED) is 0.721. The number of ether oxygens (including phenoxy) is 1. The zero-order valence-electron chi connectivity index (χ0n) is 12.6. The molecule has 7 heteroatoms. The molecule has 0 saturated carbocycles. The van der Waals surface area contributed by atoms with Gasteiger partial charge in [-0.2, -0.15) is 13.2 Å². The van der Waals surface area contributed by atoms with E-state index in [2.05, 4.69) is 9.97 Å². The van der Waals surface area contributed by atoms with Crippen LogP contribution in [0.25, 0.3) is 22.3 Å². The molecule has 3 aromatic rings. The topological polar surface area (TPSA) is 55.0 Å². The number of hydrogen-bond donors (Lipinski definition) is 1. The number of fused-ring (bicyclic) bond motifs is 1. The zero-order chi connectivity index (χ0) is 17.3. The van der Waals surface area contributed by atoms with Crippen LogP contribution < -0.4 is 4.74 Å². The molecule has 0 bridgehead atoms. The molecule has 0 radical (unpaired) electrons. The van der Waals surface area contributed by atoms with E-state index in [0.717, 1.165) is 0 Å². The van der Waals surface area contributed by atoms with E-state index >= 15 is 0 Å². The van der Waals surface area contributed by atoms with Gasteiger partial charge in [-0.15, -0.1) is 0 Å². The lowest BCUT2D eigenvalue weighted by Gasteiger charge is -2.08. The van der Waals surface area contributed by atoms with Crippen molar-refractivity contribution in [2.75, 3.05) is 6.61 Å². The molecule has 0 aliphatic carbocycles. The maximum absolute atomic E-state index is 13.0. The van der Waals surface area contributed by atoms with Crippen LogP contribution in [0.5, 0.6) is 5.75 Å². The van der Waals surface area contributed by atoms with Gasteiger partial charge in [0.1, 0.15) is 11.4 Å². The maximum atomic E-state index is 13.0. The fourth-order valence-electron chi connectivity index (χ4n) is 2.50. The Kier molecular flexibility index (Phi) is 4.01. The normalized spacial score (nSPS) is 11.7. The number of pyridine rings is 1. The Morgan fingerprint density at radius 3 is 2.54 bits per heavy atom. The molecule has 0 aliphatic heterocycles. The van der Waals surface area contributed by atoms with Crippen molar-refractivity contribution in [3.05, 3.63) is 48.2 Å². The van der Waals surface area contributed by atoms with E-state index < -0.39 is 17.5 Å². The van der Waals surface area contributed by atoms with Crippen LogP contribution in [0.3, 0.4) is 0 Å². The lowest BCUT2D eigenvalue weighted by molar-refractivity contribution is -0.0883. The molecule has 0 aliphatic rings. The molecule has 0 unspecified atom stereocenters. The highest BCUT2D eigenvalue weighted by molar-refractivity contribution is 6.14. The number of alkyl halides is 3. The Morgan fingerprint density at radius 2 is 1.92 bits per heavy atom. The minimum atomic E-state index is -4.97. The molecule has 4 nitrogen and oxygen atoms in total. The standard InChI is InChI=1S/C17H13F3N2O2/c1-2-24-11-7-5-10(6-8-11)14-13(15(23)17(18,19)20)12-4-3-9-21-16(12)22-14/h3-9H,2H2,1H3,(H,21,22). The molecule has 2 aromatic heterocycles. The maximum Gasteiger partial charge on any atom is 0.454 e. The molecular weight excluding hydrogens is 321 g/mol. The van der Waals surface area contributed by atoms with Gasteiger partial charge in [-0.05, 0) is 48.9 Å². The fraction of sp³-hybridized carbons (Fsp3) is 0.176. The number of nitrogens with zero attached hydrogens (tertiary/aromatic N) is 1. The number of Topliss-reactive ketones (excluding diaryl/α,β-unsaturated/α-hetero) is 1. The first kappa shape index (κ1) is 16.0. The van der Waals surface area contributed by atoms with Gasteiger partial charge < -0.3 is 9.72 Å². The Labute approximate surface area is 135 Å². The summed E-state index contributed by atoms with van der Waals surface area (Å²) in [6.07, 6.45) is -3.52. The van der Waals surface area contributed by atoms with Gasteiger partial charge in [0.15, 0.2) is 0 Å². The summed E-state index contributed by atoms with van der Waals surface area (Å²) >= 11 is 0. The number of aromatic amines is 1. The van der Waals surface area contributed by atoms with Gasteiger partial charge in [-0.1, -0.05) is 0 Å². The smallest absolute Gasteiger partial charge is 0.454 e. The highest BCUT2D eigenvalue weighted by atomic mass is 19.4. The Balaban J connectivity index is 2.18. The van der Waals surface area contributed by atoms with Gasteiger partial charge in [0.05, 0.1) is 17.9 Å². The molecule has 124 valence electrons. The number of benzene rings is 1. The molecule has 0 fully saturated rings. The summed E-state index contributed by atoms with van der Waals surface area (Å²) in [6, 6.07) is 9.41. The number of H-pyrrole nitrogens is 1. The van der Waals surface area contributed by atoms with Crippen LogP contribution in [0.1, 0.15) is 17.3 Å². The summed E-state index contributed by atoms with van der Waals surface area (Å²) in [7, 11) is 0. The van der Waals surface area contributed by atoms with Gasteiger partial charge in [0.25, 0.3) is 5.78 Å². The van der Waals surface area contributed by atoms with Crippen LogP contribution in [0.2, 0.25) is 0 Å². The van der Waals surface area contributed by atoms with Gasteiger partial charge in [0, 0.05) is 11.6 Å². The summed E-state index contributed by atoms with van der Waals surface area (Å²) < 4.78 is 44.3. The molecule has 24 heavy (non-hydrogen) atoms. The third-order valence-corrected chi connectivity index (χ3v) is 3.51. The van der Waals surface area contributed by atoms with Crippen molar-refractivity contribution in [2.24, 2.45) is 0 Å². The monoisotopic (exact) mass is 334 g/mol. The number of ketones is 1. The van der Waals surface area contributed by atoms with E-state index in [0.29, 0.717) is 17.9 Å². The molecule has 2 heterocycles. The van der Waals surface area contributed by atoms with Crippen LogP contribution in [0, 0.1) is 0 Å². The molecule has 0 saturated heterocycles. The first-order valence-electron chi connectivity index (χ1n) is 7.23. The van der Waals surface area contributed by atoms with Crippen LogP contribution in [-0.2, 0) is 0 Å². The Morgan fingerprint density at radius 1 is 1.21 bits per heavy atom. The molecular formula is C17H13F3N2O2. The van der Waals surface area contributed by atoms with Gasteiger partial charge in [-0.3, -0.25) is 4.79 Å². The number of carbonyl (C=O) groups is 1. The van der Waals surface area contributed by atoms with E-state index in [1.54, 1.807) is 24.3 Å². The van der Waals surface area contributed by atoms with Crippen molar-refractivity contribution in [2.45, 2.75) is 13.1 Å². The highest BCUT2D eigenvalue weighted by Crippen LogP contribution is 2.34. The van der Waals surface area contributed by atoms with Crippen molar-refractivity contribution in [3.8, 4) is 17.0 Å². The minimum Gasteiger partial charge on any atom is -0.494 e. The van der Waals surface area contributed by atoms with Gasteiger partial charge >= 0.3 is 6.18 Å². The largest absolute Gasteiger partial charge is 0.494 e. The number of hydrogen-bond acceptors (Lipinski definition) is 3. The lowest BCUT2D eigenvalue weighted by Crippen LogP contribution is -2.23. The third-order valence-electron chi connectivity index (χ3n) is 3.51. The van der Waals surface area contributed by atoms with Gasteiger partial charge in [0.2, 0.25) is 0 Å². The lowest BCUT2D eigenvalue weighted by atomic mass is 10.0. The number of halogens is 3. The van der Waals surface area contributed by atoms with E-state index in [9.17, 15) is 18.0 Å². The Hall–Kier alpha value is -2.83. The molecule has 0 amide bonds. The first-order valence-corrected chi connectivity index (χ1v) is 7.23. The highest BCUT2D eigenvalue weighted by Gasteiger charge is 2.42.